The van der Waals surface area contributed by atoms with Gasteiger partial charge in [0.1, 0.15) is 5.75 Å². The number of ether oxygens (including phenoxy) is 1. The first-order valence-corrected chi connectivity index (χ1v) is 7.76. The molecule has 2 rings (SSSR count). The molecule has 0 radical (unpaired) electrons. The molecule has 0 spiro atoms. The van der Waals surface area contributed by atoms with Crippen LogP contribution in [0.2, 0.25) is 0 Å². The molecule has 1 amide bonds. The summed E-state index contributed by atoms with van der Waals surface area (Å²) in [5.74, 6) is -2.53. The Kier molecular flexibility index (Phi) is 6.57. The average molecular weight is 370 g/mol. The number of benzene rings is 2. The molecule has 0 bridgehead atoms. The molecular weight excluding hydrogens is 352 g/mol. The third-order valence-electron chi connectivity index (χ3n) is 3.86. The molecule has 2 aromatic rings. The summed E-state index contributed by atoms with van der Waals surface area (Å²) in [5.41, 5.74) is 0.618. The smallest absolute Gasteiger partial charge is 0.387 e. The Morgan fingerprint density at radius 2 is 1.85 bits per heavy atom. The minimum Gasteiger partial charge on any atom is -0.433 e. The quantitative estimate of drug-likeness (QED) is 0.743. The van der Waals surface area contributed by atoms with Crippen LogP contribution < -0.4 is 10.1 Å². The maximum atomic E-state index is 13.4. The van der Waals surface area contributed by atoms with Crippen molar-refractivity contribution in [1.82, 2.24) is 4.90 Å². The third-order valence-corrected chi connectivity index (χ3v) is 3.86. The van der Waals surface area contributed by atoms with Gasteiger partial charge in [-0.3, -0.25) is 9.69 Å². The van der Waals surface area contributed by atoms with Crippen molar-refractivity contribution in [2.75, 3.05) is 18.9 Å². The lowest BCUT2D eigenvalue weighted by atomic mass is 10.1. The number of amides is 1. The van der Waals surface area contributed by atoms with E-state index in [1.807, 2.05) is 0 Å². The van der Waals surface area contributed by atoms with Crippen LogP contribution in [0.15, 0.2) is 42.5 Å². The summed E-state index contributed by atoms with van der Waals surface area (Å²) in [5, 5.41) is 2.50. The molecule has 4 nitrogen and oxygen atoms in total. The van der Waals surface area contributed by atoms with E-state index in [2.05, 4.69) is 10.1 Å². The molecule has 0 aliphatic heterocycles. The van der Waals surface area contributed by atoms with E-state index in [0.717, 1.165) is 12.1 Å². The SMILES string of the molecule is CC(c1ccc(F)c(F)c1)N(C)CC(=O)Nc1ccccc1OC(F)F. The first-order chi connectivity index (χ1) is 12.3. The second-order valence-corrected chi connectivity index (χ2v) is 5.69. The number of carbonyl (C=O) groups is 1. The number of alkyl halides is 2. The van der Waals surface area contributed by atoms with Gasteiger partial charge in [-0.2, -0.15) is 8.78 Å². The van der Waals surface area contributed by atoms with Crippen LogP contribution in [-0.4, -0.2) is 31.0 Å². The van der Waals surface area contributed by atoms with E-state index in [4.69, 9.17) is 0 Å². The summed E-state index contributed by atoms with van der Waals surface area (Å²) in [4.78, 5) is 13.8. The molecule has 1 atom stereocenters. The van der Waals surface area contributed by atoms with Crippen molar-refractivity contribution in [3.8, 4) is 5.75 Å². The van der Waals surface area contributed by atoms with E-state index >= 15 is 0 Å². The van der Waals surface area contributed by atoms with Crippen LogP contribution in [0.1, 0.15) is 18.5 Å². The number of hydrogen-bond acceptors (Lipinski definition) is 3. The zero-order valence-corrected chi connectivity index (χ0v) is 14.2. The number of para-hydroxylation sites is 2. The van der Waals surface area contributed by atoms with Gasteiger partial charge in [0.25, 0.3) is 0 Å². The second-order valence-electron chi connectivity index (χ2n) is 5.69. The zero-order chi connectivity index (χ0) is 19.3. The molecule has 0 heterocycles. The maximum absolute atomic E-state index is 13.4. The molecule has 140 valence electrons. The molecule has 26 heavy (non-hydrogen) atoms. The molecule has 1 unspecified atom stereocenters. The van der Waals surface area contributed by atoms with E-state index < -0.39 is 24.2 Å². The van der Waals surface area contributed by atoms with Gasteiger partial charge in [0, 0.05) is 6.04 Å². The highest BCUT2D eigenvalue weighted by Crippen LogP contribution is 2.26. The normalized spacial score (nSPS) is 12.3. The summed E-state index contributed by atoms with van der Waals surface area (Å²) in [6, 6.07) is 8.98. The van der Waals surface area contributed by atoms with E-state index in [-0.39, 0.29) is 24.0 Å². The van der Waals surface area contributed by atoms with Gasteiger partial charge in [0.05, 0.1) is 12.2 Å². The van der Waals surface area contributed by atoms with Crippen LogP contribution in [0.4, 0.5) is 23.2 Å². The minimum atomic E-state index is -3.01. The van der Waals surface area contributed by atoms with E-state index in [1.54, 1.807) is 24.9 Å². The second kappa shape index (κ2) is 8.66. The predicted octanol–water partition coefficient (Wildman–Crippen LogP) is 4.20. The predicted molar refractivity (Wildman–Crippen MR) is 89.1 cm³/mol. The Morgan fingerprint density at radius 3 is 2.50 bits per heavy atom. The van der Waals surface area contributed by atoms with E-state index in [9.17, 15) is 22.4 Å². The lowest BCUT2D eigenvalue weighted by molar-refractivity contribution is -0.117. The van der Waals surface area contributed by atoms with Gasteiger partial charge in [-0.15, -0.1) is 0 Å². The largest absolute Gasteiger partial charge is 0.433 e. The first kappa shape index (κ1) is 19.7. The third kappa shape index (κ3) is 5.19. The number of nitrogens with one attached hydrogen (secondary N) is 1. The fourth-order valence-corrected chi connectivity index (χ4v) is 2.35. The number of hydrogen-bond donors (Lipinski definition) is 1. The number of likely N-dealkylation sites (N-methyl/N-ethyl adjacent to an activating group) is 1. The Balaban J connectivity index is 2.02. The van der Waals surface area contributed by atoms with E-state index in [1.165, 1.54) is 24.3 Å². The number of halogens is 4. The number of nitrogens with zero attached hydrogens (tertiary/aromatic N) is 1. The zero-order valence-electron chi connectivity index (χ0n) is 14.2. The van der Waals surface area contributed by atoms with Crippen LogP contribution >= 0.6 is 0 Å². The van der Waals surface area contributed by atoms with Crippen LogP contribution in [-0.2, 0) is 4.79 Å². The summed E-state index contributed by atoms with van der Waals surface area (Å²) in [7, 11) is 1.63. The number of anilines is 1. The summed E-state index contributed by atoms with van der Waals surface area (Å²) in [6.07, 6.45) is 0. The Morgan fingerprint density at radius 1 is 1.15 bits per heavy atom. The van der Waals surface area contributed by atoms with Crippen molar-refractivity contribution in [2.24, 2.45) is 0 Å². The maximum Gasteiger partial charge on any atom is 0.387 e. The summed E-state index contributed by atoms with van der Waals surface area (Å²) < 4.78 is 55.5. The first-order valence-electron chi connectivity index (χ1n) is 7.76. The topological polar surface area (TPSA) is 41.6 Å². The Hall–Kier alpha value is -2.61. The van der Waals surface area contributed by atoms with Crippen LogP contribution in [0, 0.1) is 11.6 Å². The van der Waals surface area contributed by atoms with Crippen molar-refractivity contribution >= 4 is 11.6 Å². The molecule has 8 heteroatoms. The molecule has 0 saturated heterocycles. The fraction of sp³-hybridized carbons (Fsp3) is 0.278. The highest BCUT2D eigenvalue weighted by Gasteiger charge is 2.18. The van der Waals surface area contributed by atoms with Gasteiger partial charge < -0.3 is 10.1 Å². The molecule has 0 fully saturated rings. The average Bonchev–Trinajstić information content (AvgIpc) is 2.58. The molecule has 1 N–H and O–H groups in total. The van der Waals surface area contributed by atoms with Crippen LogP contribution in [0.25, 0.3) is 0 Å². The summed E-state index contributed by atoms with van der Waals surface area (Å²) in [6.45, 7) is -1.37. The number of carbonyl (C=O) groups excluding carboxylic acids is 1. The molecule has 0 aliphatic rings. The Labute approximate surface area is 148 Å². The molecule has 2 aromatic carbocycles. The molecular formula is C18H18F4N2O2. The van der Waals surface area contributed by atoms with Crippen molar-refractivity contribution in [3.63, 3.8) is 0 Å². The van der Waals surface area contributed by atoms with Crippen molar-refractivity contribution in [1.29, 1.82) is 0 Å². The van der Waals surface area contributed by atoms with Gasteiger partial charge in [-0.25, -0.2) is 8.78 Å². The van der Waals surface area contributed by atoms with Gasteiger partial charge in [-0.1, -0.05) is 18.2 Å². The van der Waals surface area contributed by atoms with Crippen molar-refractivity contribution in [2.45, 2.75) is 19.6 Å². The van der Waals surface area contributed by atoms with Crippen LogP contribution in [0.3, 0.4) is 0 Å². The highest BCUT2D eigenvalue weighted by atomic mass is 19.3. The highest BCUT2D eigenvalue weighted by molar-refractivity contribution is 5.93. The molecule has 0 saturated carbocycles. The number of rotatable bonds is 7. The van der Waals surface area contributed by atoms with Crippen molar-refractivity contribution in [3.05, 3.63) is 59.7 Å². The van der Waals surface area contributed by atoms with Crippen molar-refractivity contribution < 1.29 is 27.1 Å². The lowest BCUT2D eigenvalue weighted by Gasteiger charge is -2.24. The minimum absolute atomic E-state index is 0.0941. The monoisotopic (exact) mass is 370 g/mol. The van der Waals surface area contributed by atoms with Gasteiger partial charge in [-0.05, 0) is 43.8 Å². The molecule has 0 aliphatic carbocycles. The van der Waals surface area contributed by atoms with Gasteiger partial charge in [0.2, 0.25) is 5.91 Å². The van der Waals surface area contributed by atoms with E-state index in [0.29, 0.717) is 5.56 Å². The standard InChI is InChI=1S/C18H18F4N2O2/c1-11(12-7-8-13(19)14(20)9-12)24(2)10-17(25)23-15-5-3-4-6-16(15)26-18(21)22/h3-9,11,18H,10H2,1-2H3,(H,23,25). The molecule has 0 aromatic heterocycles. The van der Waals surface area contributed by atoms with Crippen LogP contribution in [0.5, 0.6) is 5.75 Å². The lowest BCUT2D eigenvalue weighted by Crippen LogP contribution is -2.32. The van der Waals surface area contributed by atoms with Gasteiger partial charge in [0.15, 0.2) is 11.6 Å². The fourth-order valence-electron chi connectivity index (χ4n) is 2.35. The summed E-state index contributed by atoms with van der Waals surface area (Å²) >= 11 is 0. The Bertz CT molecular complexity index is 771. The van der Waals surface area contributed by atoms with Gasteiger partial charge >= 0.3 is 6.61 Å².